The molecule has 0 unspecified atom stereocenters. The van der Waals surface area contributed by atoms with Crippen LogP contribution in [0.4, 0.5) is 0 Å². The highest BCUT2D eigenvalue weighted by molar-refractivity contribution is 6.35. The molecule has 2 amide bonds. The topological polar surface area (TPSA) is 67.4 Å². The molecule has 1 aliphatic carbocycles. The van der Waals surface area contributed by atoms with Gasteiger partial charge in [-0.3, -0.25) is 9.59 Å². The molecule has 0 bridgehead atoms. The Labute approximate surface area is 153 Å². The molecule has 0 radical (unpaired) electrons. The summed E-state index contributed by atoms with van der Waals surface area (Å²) in [5, 5.41) is 5.83. The predicted octanol–water partition coefficient (Wildman–Crippen LogP) is 3.15. The predicted molar refractivity (Wildman–Crippen MR) is 98.4 cm³/mol. The third-order valence-corrected chi connectivity index (χ3v) is 4.65. The Hall–Kier alpha value is -1.85. The molecule has 0 aromatic heterocycles. The van der Waals surface area contributed by atoms with E-state index in [2.05, 4.69) is 16.7 Å². The quantitative estimate of drug-likeness (QED) is 0.577. The van der Waals surface area contributed by atoms with Gasteiger partial charge in [0.25, 0.3) is 0 Å². The molecule has 0 fully saturated rings. The Kier molecular flexibility index (Phi) is 7.95. The summed E-state index contributed by atoms with van der Waals surface area (Å²) in [5.41, 5.74) is 2.14. The molecule has 6 heteroatoms. The fourth-order valence-corrected chi connectivity index (χ4v) is 3.13. The van der Waals surface area contributed by atoms with E-state index in [1.807, 2.05) is 18.2 Å². The normalized spacial score (nSPS) is 15.2. The van der Waals surface area contributed by atoms with Gasteiger partial charge in [0, 0.05) is 30.8 Å². The van der Waals surface area contributed by atoms with E-state index in [4.69, 9.17) is 16.3 Å². The molecule has 0 saturated carbocycles. The summed E-state index contributed by atoms with van der Waals surface area (Å²) in [4.78, 5) is 23.8. The lowest BCUT2D eigenvalue weighted by Crippen LogP contribution is -2.42. The number of methoxy groups -OCH3 is 1. The van der Waals surface area contributed by atoms with Crippen LogP contribution in [-0.2, 0) is 14.3 Å². The second-order valence-electron chi connectivity index (χ2n) is 6.07. The molecular formula is C19H25ClN2O3. The Morgan fingerprint density at radius 3 is 2.64 bits per heavy atom. The SMILES string of the molecule is CO[C@@H](CNC(=O)C(=O)NCCC1=CCCCC1)c1ccccc1Cl. The monoisotopic (exact) mass is 364 g/mol. The second kappa shape index (κ2) is 10.2. The van der Waals surface area contributed by atoms with Crippen LogP contribution in [0.5, 0.6) is 0 Å². The number of carbonyl (C=O) groups is 2. The Morgan fingerprint density at radius 2 is 1.96 bits per heavy atom. The van der Waals surface area contributed by atoms with E-state index in [1.54, 1.807) is 6.07 Å². The van der Waals surface area contributed by atoms with Crippen molar-refractivity contribution in [2.45, 2.75) is 38.2 Å². The molecule has 0 spiro atoms. The minimum absolute atomic E-state index is 0.178. The van der Waals surface area contributed by atoms with Crippen molar-refractivity contribution in [2.24, 2.45) is 0 Å². The summed E-state index contributed by atoms with van der Waals surface area (Å²) >= 11 is 6.14. The van der Waals surface area contributed by atoms with Crippen molar-refractivity contribution in [1.29, 1.82) is 0 Å². The number of nitrogens with one attached hydrogen (secondary N) is 2. The van der Waals surface area contributed by atoms with Gasteiger partial charge in [-0.15, -0.1) is 0 Å². The number of allylic oxidation sites excluding steroid dienone is 1. The highest BCUT2D eigenvalue weighted by atomic mass is 35.5. The van der Waals surface area contributed by atoms with Crippen molar-refractivity contribution in [2.75, 3.05) is 20.2 Å². The van der Waals surface area contributed by atoms with E-state index in [9.17, 15) is 9.59 Å². The minimum Gasteiger partial charge on any atom is -0.375 e. The summed E-state index contributed by atoms with van der Waals surface area (Å²) in [6.45, 7) is 0.661. The second-order valence-corrected chi connectivity index (χ2v) is 6.48. The third kappa shape index (κ3) is 6.18. The zero-order valence-electron chi connectivity index (χ0n) is 14.5. The van der Waals surface area contributed by atoms with Gasteiger partial charge < -0.3 is 15.4 Å². The number of ether oxygens (including phenoxy) is 1. The number of hydrogen-bond donors (Lipinski definition) is 2. The van der Waals surface area contributed by atoms with Crippen molar-refractivity contribution in [3.8, 4) is 0 Å². The average molecular weight is 365 g/mol. The standard InChI is InChI=1S/C19H25ClN2O3/c1-25-17(15-9-5-6-10-16(15)20)13-22-19(24)18(23)21-12-11-14-7-3-2-4-8-14/h5-7,9-10,17H,2-4,8,11-13H2,1H3,(H,21,23)(H,22,24)/t17-/m0/s1. The first kappa shape index (κ1) is 19.5. The lowest BCUT2D eigenvalue weighted by atomic mass is 9.97. The van der Waals surface area contributed by atoms with Crippen LogP contribution in [0.2, 0.25) is 5.02 Å². The molecule has 0 saturated heterocycles. The van der Waals surface area contributed by atoms with Crippen LogP contribution in [0.25, 0.3) is 0 Å². The van der Waals surface area contributed by atoms with E-state index in [-0.39, 0.29) is 6.54 Å². The molecule has 2 rings (SSSR count). The van der Waals surface area contributed by atoms with Gasteiger partial charge in [-0.2, -0.15) is 0 Å². The van der Waals surface area contributed by atoms with Gasteiger partial charge >= 0.3 is 11.8 Å². The molecule has 0 aliphatic heterocycles. The maximum absolute atomic E-state index is 11.9. The Bertz CT molecular complexity index is 631. The van der Waals surface area contributed by atoms with Gasteiger partial charge in [0.05, 0.1) is 0 Å². The molecule has 136 valence electrons. The number of hydrogen-bond acceptors (Lipinski definition) is 3. The molecule has 1 atom stereocenters. The Balaban J connectivity index is 1.75. The van der Waals surface area contributed by atoms with Crippen LogP contribution < -0.4 is 10.6 Å². The lowest BCUT2D eigenvalue weighted by Gasteiger charge is -2.17. The average Bonchev–Trinajstić information content (AvgIpc) is 2.64. The molecule has 25 heavy (non-hydrogen) atoms. The molecule has 1 aromatic carbocycles. The van der Waals surface area contributed by atoms with Crippen molar-refractivity contribution in [1.82, 2.24) is 10.6 Å². The summed E-state index contributed by atoms with van der Waals surface area (Å²) in [6.07, 6.45) is 7.30. The lowest BCUT2D eigenvalue weighted by molar-refractivity contribution is -0.139. The van der Waals surface area contributed by atoms with Crippen LogP contribution in [0.1, 0.15) is 43.8 Å². The number of carbonyl (C=O) groups excluding carboxylic acids is 2. The minimum atomic E-state index is -0.660. The van der Waals surface area contributed by atoms with Gasteiger partial charge in [0.1, 0.15) is 6.10 Å². The van der Waals surface area contributed by atoms with E-state index in [0.29, 0.717) is 11.6 Å². The van der Waals surface area contributed by atoms with E-state index in [0.717, 1.165) is 24.8 Å². The molecule has 1 aromatic rings. The summed E-state index contributed by atoms with van der Waals surface area (Å²) in [5.74, 6) is -1.28. The van der Waals surface area contributed by atoms with Crippen molar-refractivity contribution in [3.05, 3.63) is 46.5 Å². The third-order valence-electron chi connectivity index (χ3n) is 4.31. The van der Waals surface area contributed by atoms with Crippen LogP contribution in [0.15, 0.2) is 35.9 Å². The van der Waals surface area contributed by atoms with Gasteiger partial charge in [-0.05, 0) is 38.2 Å². The maximum atomic E-state index is 11.9. The van der Waals surface area contributed by atoms with Gasteiger partial charge in [-0.25, -0.2) is 0 Å². The van der Waals surface area contributed by atoms with Crippen molar-refractivity contribution in [3.63, 3.8) is 0 Å². The zero-order valence-corrected chi connectivity index (χ0v) is 15.3. The van der Waals surface area contributed by atoms with Gasteiger partial charge in [0.2, 0.25) is 0 Å². The molecule has 5 nitrogen and oxygen atoms in total. The van der Waals surface area contributed by atoms with Crippen molar-refractivity contribution < 1.29 is 14.3 Å². The van der Waals surface area contributed by atoms with E-state index >= 15 is 0 Å². The van der Waals surface area contributed by atoms with Crippen LogP contribution in [0, 0.1) is 0 Å². The molecule has 0 heterocycles. The molecule has 1 aliphatic rings. The fraction of sp³-hybridized carbons (Fsp3) is 0.474. The largest absolute Gasteiger partial charge is 0.375 e. The fourth-order valence-electron chi connectivity index (χ4n) is 2.87. The van der Waals surface area contributed by atoms with Crippen molar-refractivity contribution >= 4 is 23.4 Å². The van der Waals surface area contributed by atoms with Crippen LogP contribution >= 0.6 is 11.6 Å². The zero-order chi connectivity index (χ0) is 18.1. The number of amides is 2. The summed E-state index contributed by atoms with van der Waals surface area (Å²) in [6, 6.07) is 7.27. The Morgan fingerprint density at radius 1 is 1.20 bits per heavy atom. The van der Waals surface area contributed by atoms with Crippen LogP contribution in [-0.4, -0.2) is 32.0 Å². The first-order chi connectivity index (χ1) is 12.1. The molecule has 2 N–H and O–H groups in total. The number of benzene rings is 1. The first-order valence-electron chi connectivity index (χ1n) is 8.63. The highest BCUT2D eigenvalue weighted by Crippen LogP contribution is 2.24. The number of rotatable bonds is 7. The van der Waals surface area contributed by atoms with Gasteiger partial charge in [0.15, 0.2) is 0 Å². The van der Waals surface area contributed by atoms with Crippen LogP contribution in [0.3, 0.4) is 0 Å². The first-order valence-corrected chi connectivity index (χ1v) is 9.00. The van der Waals surface area contributed by atoms with Gasteiger partial charge in [-0.1, -0.05) is 41.4 Å². The summed E-state index contributed by atoms with van der Waals surface area (Å²) in [7, 11) is 1.54. The van der Waals surface area contributed by atoms with E-state index < -0.39 is 17.9 Å². The maximum Gasteiger partial charge on any atom is 0.309 e. The smallest absolute Gasteiger partial charge is 0.309 e. The highest BCUT2D eigenvalue weighted by Gasteiger charge is 2.18. The number of halogens is 1. The summed E-state index contributed by atoms with van der Waals surface area (Å²) < 4.78 is 5.37. The van der Waals surface area contributed by atoms with E-state index in [1.165, 1.54) is 25.5 Å². The molecular weight excluding hydrogens is 340 g/mol.